The molecule has 140 valence electrons. The van der Waals surface area contributed by atoms with Gasteiger partial charge in [0.25, 0.3) is 0 Å². The van der Waals surface area contributed by atoms with Gasteiger partial charge in [-0.2, -0.15) is 0 Å². The van der Waals surface area contributed by atoms with Crippen molar-refractivity contribution in [2.24, 2.45) is 0 Å². The number of benzene rings is 2. The molecule has 0 aromatic heterocycles. The normalized spacial score (nSPS) is 19.9. The Bertz CT molecular complexity index is 723. The first-order valence-corrected chi connectivity index (χ1v) is 9.35. The lowest BCUT2D eigenvalue weighted by Gasteiger charge is -2.42. The van der Waals surface area contributed by atoms with Crippen molar-refractivity contribution >= 4 is 12.4 Å². The van der Waals surface area contributed by atoms with Crippen LogP contribution in [0.1, 0.15) is 29.5 Å². The molecular formula is C22H29ClN2O. The number of nitrogens with zero attached hydrogens (tertiary/aromatic N) is 2. The SMILES string of the molecule is Cc1ccc(CN2Cc3ccccc3OC3(CCN(C)CC3)C2)cc1.Cl. The Hall–Kier alpha value is -1.55. The minimum absolute atomic E-state index is 0. The standard InChI is InChI=1S/C22H28N2O.ClH/c1-18-7-9-19(10-8-18)15-24-16-20-5-3-4-6-21(20)25-22(17-24)11-13-23(2)14-12-22;/h3-10H,11-17H2,1-2H3;1H. The van der Waals surface area contributed by atoms with Gasteiger partial charge < -0.3 is 9.64 Å². The summed E-state index contributed by atoms with van der Waals surface area (Å²) in [7, 11) is 2.21. The van der Waals surface area contributed by atoms with Crippen LogP contribution in [0.2, 0.25) is 0 Å². The van der Waals surface area contributed by atoms with Crippen molar-refractivity contribution in [2.45, 2.75) is 38.5 Å². The Kier molecular flexibility index (Phi) is 5.91. The molecule has 0 atom stereocenters. The molecule has 0 radical (unpaired) electrons. The summed E-state index contributed by atoms with van der Waals surface area (Å²) in [6.45, 7) is 7.31. The van der Waals surface area contributed by atoms with Gasteiger partial charge in [0.2, 0.25) is 0 Å². The van der Waals surface area contributed by atoms with Gasteiger partial charge in [-0.3, -0.25) is 4.90 Å². The second-order valence-corrected chi connectivity index (χ2v) is 7.83. The Balaban J connectivity index is 0.00000196. The molecule has 0 aliphatic carbocycles. The van der Waals surface area contributed by atoms with E-state index >= 15 is 0 Å². The fourth-order valence-corrected chi connectivity index (χ4v) is 4.05. The van der Waals surface area contributed by atoms with Crippen LogP contribution in [0.5, 0.6) is 5.75 Å². The number of aryl methyl sites for hydroxylation is 1. The third-order valence-electron chi connectivity index (χ3n) is 5.63. The van der Waals surface area contributed by atoms with Crippen molar-refractivity contribution in [1.82, 2.24) is 9.80 Å². The highest BCUT2D eigenvalue weighted by Gasteiger charge is 2.39. The van der Waals surface area contributed by atoms with Gasteiger partial charge in [0.15, 0.2) is 0 Å². The van der Waals surface area contributed by atoms with Crippen LogP contribution in [0.4, 0.5) is 0 Å². The van der Waals surface area contributed by atoms with Crippen molar-refractivity contribution in [3.8, 4) is 5.75 Å². The zero-order valence-corrected chi connectivity index (χ0v) is 16.6. The van der Waals surface area contributed by atoms with Gasteiger partial charge in [0.1, 0.15) is 11.4 Å². The van der Waals surface area contributed by atoms with Gasteiger partial charge in [-0.05, 0) is 25.6 Å². The molecule has 0 unspecified atom stereocenters. The molecule has 0 saturated carbocycles. The molecule has 2 aliphatic rings. The molecule has 4 heteroatoms. The molecule has 2 aromatic carbocycles. The van der Waals surface area contributed by atoms with Gasteiger partial charge in [-0.1, -0.05) is 48.0 Å². The Labute approximate surface area is 163 Å². The molecule has 2 aromatic rings. The van der Waals surface area contributed by atoms with Gasteiger partial charge in [-0.25, -0.2) is 0 Å². The first kappa shape index (κ1) is 19.2. The Morgan fingerprint density at radius 1 is 1.00 bits per heavy atom. The average molecular weight is 373 g/mol. The van der Waals surface area contributed by atoms with Crippen LogP contribution in [-0.4, -0.2) is 42.1 Å². The van der Waals surface area contributed by atoms with E-state index in [2.05, 4.69) is 72.3 Å². The number of fused-ring (bicyclic) bond motifs is 1. The summed E-state index contributed by atoms with van der Waals surface area (Å²) in [5.41, 5.74) is 3.96. The summed E-state index contributed by atoms with van der Waals surface area (Å²) in [4.78, 5) is 4.98. The average Bonchev–Trinajstić information content (AvgIpc) is 2.76. The van der Waals surface area contributed by atoms with Gasteiger partial charge in [0, 0.05) is 51.1 Å². The molecule has 2 aliphatic heterocycles. The highest BCUT2D eigenvalue weighted by Crippen LogP contribution is 2.35. The first-order valence-electron chi connectivity index (χ1n) is 9.35. The number of para-hydroxylation sites is 1. The number of hydrogen-bond donors (Lipinski definition) is 0. The van der Waals surface area contributed by atoms with Crippen molar-refractivity contribution < 1.29 is 4.74 Å². The zero-order valence-electron chi connectivity index (χ0n) is 15.8. The fraction of sp³-hybridized carbons (Fsp3) is 0.455. The third kappa shape index (κ3) is 4.22. The second kappa shape index (κ2) is 7.99. The van der Waals surface area contributed by atoms with Crippen LogP contribution in [0.25, 0.3) is 0 Å². The lowest BCUT2D eigenvalue weighted by Crippen LogP contribution is -2.52. The van der Waals surface area contributed by atoms with E-state index in [9.17, 15) is 0 Å². The molecule has 26 heavy (non-hydrogen) atoms. The number of piperidine rings is 1. The molecular weight excluding hydrogens is 344 g/mol. The topological polar surface area (TPSA) is 15.7 Å². The van der Waals surface area contributed by atoms with Crippen LogP contribution in [0.15, 0.2) is 48.5 Å². The molecule has 0 amide bonds. The van der Waals surface area contributed by atoms with Gasteiger partial charge in [0.05, 0.1) is 0 Å². The summed E-state index contributed by atoms with van der Waals surface area (Å²) in [6.07, 6.45) is 2.20. The van der Waals surface area contributed by atoms with Crippen LogP contribution >= 0.6 is 12.4 Å². The molecule has 2 heterocycles. The minimum atomic E-state index is -0.0518. The first-order chi connectivity index (χ1) is 12.1. The maximum atomic E-state index is 6.65. The quantitative estimate of drug-likeness (QED) is 0.782. The van der Waals surface area contributed by atoms with E-state index in [1.165, 1.54) is 16.7 Å². The van der Waals surface area contributed by atoms with E-state index < -0.39 is 0 Å². The fourth-order valence-electron chi connectivity index (χ4n) is 4.05. The summed E-state index contributed by atoms with van der Waals surface area (Å²) >= 11 is 0. The zero-order chi connectivity index (χ0) is 17.3. The molecule has 1 spiro atoms. The molecule has 3 nitrogen and oxygen atoms in total. The predicted molar refractivity (Wildman–Crippen MR) is 109 cm³/mol. The van der Waals surface area contributed by atoms with E-state index in [0.717, 1.165) is 51.3 Å². The Morgan fingerprint density at radius 3 is 2.42 bits per heavy atom. The number of hydrogen-bond acceptors (Lipinski definition) is 3. The smallest absolute Gasteiger partial charge is 0.124 e. The monoisotopic (exact) mass is 372 g/mol. The van der Waals surface area contributed by atoms with Crippen molar-refractivity contribution in [1.29, 1.82) is 0 Å². The third-order valence-corrected chi connectivity index (χ3v) is 5.63. The van der Waals surface area contributed by atoms with E-state index in [-0.39, 0.29) is 18.0 Å². The number of halogens is 1. The van der Waals surface area contributed by atoms with E-state index in [1.54, 1.807) is 0 Å². The maximum Gasteiger partial charge on any atom is 0.124 e. The van der Waals surface area contributed by atoms with Crippen LogP contribution in [-0.2, 0) is 13.1 Å². The van der Waals surface area contributed by atoms with Crippen LogP contribution in [0.3, 0.4) is 0 Å². The number of rotatable bonds is 2. The van der Waals surface area contributed by atoms with Gasteiger partial charge in [-0.15, -0.1) is 12.4 Å². The molecule has 0 bridgehead atoms. The van der Waals surface area contributed by atoms with E-state index in [4.69, 9.17) is 4.74 Å². The maximum absolute atomic E-state index is 6.65. The number of ether oxygens (including phenoxy) is 1. The summed E-state index contributed by atoms with van der Waals surface area (Å²) < 4.78 is 6.65. The molecule has 1 saturated heterocycles. The lowest BCUT2D eigenvalue weighted by molar-refractivity contribution is -0.0146. The highest BCUT2D eigenvalue weighted by molar-refractivity contribution is 5.85. The van der Waals surface area contributed by atoms with E-state index in [0.29, 0.717) is 0 Å². The van der Waals surface area contributed by atoms with Crippen molar-refractivity contribution in [2.75, 3.05) is 26.7 Å². The molecule has 0 N–H and O–H groups in total. The summed E-state index contributed by atoms with van der Waals surface area (Å²) in [6, 6.07) is 17.5. The van der Waals surface area contributed by atoms with Crippen molar-refractivity contribution in [3.05, 3.63) is 65.2 Å². The Morgan fingerprint density at radius 2 is 1.69 bits per heavy atom. The molecule has 4 rings (SSSR count). The van der Waals surface area contributed by atoms with Crippen molar-refractivity contribution in [3.63, 3.8) is 0 Å². The second-order valence-electron chi connectivity index (χ2n) is 7.83. The molecule has 1 fully saturated rings. The summed E-state index contributed by atoms with van der Waals surface area (Å²) in [5, 5.41) is 0. The van der Waals surface area contributed by atoms with Gasteiger partial charge >= 0.3 is 0 Å². The van der Waals surface area contributed by atoms with Crippen LogP contribution in [0, 0.1) is 6.92 Å². The predicted octanol–water partition coefficient (Wildman–Crippen LogP) is 4.28. The van der Waals surface area contributed by atoms with Crippen LogP contribution < -0.4 is 4.74 Å². The summed E-state index contributed by atoms with van der Waals surface area (Å²) in [5.74, 6) is 1.08. The highest BCUT2D eigenvalue weighted by atomic mass is 35.5. The minimum Gasteiger partial charge on any atom is -0.486 e. The number of likely N-dealkylation sites (tertiary alicyclic amines) is 1. The van der Waals surface area contributed by atoms with E-state index in [1.807, 2.05) is 0 Å². The largest absolute Gasteiger partial charge is 0.486 e. The lowest BCUT2D eigenvalue weighted by atomic mass is 9.90.